The van der Waals surface area contributed by atoms with Gasteiger partial charge in [0.25, 0.3) is 0 Å². The zero-order chi connectivity index (χ0) is 9.26. The summed E-state index contributed by atoms with van der Waals surface area (Å²) >= 11 is 5.12. The summed E-state index contributed by atoms with van der Waals surface area (Å²) in [5, 5.41) is 4.02. The fourth-order valence-corrected chi connectivity index (χ4v) is 2.44. The van der Waals surface area contributed by atoms with E-state index < -0.39 is 0 Å². The van der Waals surface area contributed by atoms with Gasteiger partial charge in [0.15, 0.2) is 0 Å². The Hall–Kier alpha value is -0.800. The molecule has 0 spiro atoms. The lowest BCUT2D eigenvalue weighted by Gasteiger charge is -2.02. The van der Waals surface area contributed by atoms with E-state index in [9.17, 15) is 0 Å². The second kappa shape index (κ2) is 3.52. The maximum absolute atomic E-state index is 5.83. The largest absolute Gasteiger partial charge is 0.398 e. The first kappa shape index (κ1) is 8.78. The number of thiophene rings is 1. The van der Waals surface area contributed by atoms with E-state index in [1.54, 1.807) is 11.3 Å². The smallest absolute Gasteiger partial charge is 0.0502 e. The van der Waals surface area contributed by atoms with Gasteiger partial charge in [-0.1, -0.05) is 34.1 Å². The average Bonchev–Trinajstić information content (AvgIpc) is 2.52. The summed E-state index contributed by atoms with van der Waals surface area (Å²) in [5.41, 5.74) is 8.94. The molecule has 0 aliphatic heterocycles. The molecule has 13 heavy (non-hydrogen) atoms. The highest BCUT2D eigenvalue weighted by molar-refractivity contribution is 9.10. The molecule has 0 bridgehead atoms. The fourth-order valence-electron chi connectivity index (χ4n) is 1.21. The van der Waals surface area contributed by atoms with Gasteiger partial charge in [0.05, 0.1) is 5.69 Å². The first-order chi connectivity index (χ1) is 6.29. The molecule has 0 saturated heterocycles. The van der Waals surface area contributed by atoms with Gasteiger partial charge in [0.2, 0.25) is 0 Å². The number of anilines is 1. The molecular weight excluding hydrogens is 246 g/mol. The van der Waals surface area contributed by atoms with E-state index in [1.165, 1.54) is 0 Å². The van der Waals surface area contributed by atoms with E-state index in [2.05, 4.69) is 27.4 Å². The topological polar surface area (TPSA) is 26.0 Å². The molecule has 0 fully saturated rings. The summed E-state index contributed by atoms with van der Waals surface area (Å²) in [6.07, 6.45) is 0. The lowest BCUT2D eigenvalue weighted by atomic mass is 10.1. The van der Waals surface area contributed by atoms with Crippen molar-refractivity contribution in [1.82, 2.24) is 0 Å². The minimum absolute atomic E-state index is 0.844. The number of nitrogen functional groups attached to an aromatic ring is 1. The highest BCUT2D eigenvalue weighted by Crippen LogP contribution is 2.34. The van der Waals surface area contributed by atoms with Crippen LogP contribution < -0.4 is 5.73 Å². The third-order valence-electron chi connectivity index (χ3n) is 1.86. The molecule has 0 saturated carbocycles. The first-order valence-corrected chi connectivity index (χ1v) is 5.59. The zero-order valence-electron chi connectivity index (χ0n) is 6.83. The highest BCUT2D eigenvalue weighted by atomic mass is 79.9. The number of nitrogens with two attached hydrogens (primary N) is 1. The van der Waals surface area contributed by atoms with Gasteiger partial charge >= 0.3 is 0 Å². The van der Waals surface area contributed by atoms with Crippen molar-refractivity contribution in [2.75, 3.05) is 5.73 Å². The van der Waals surface area contributed by atoms with Gasteiger partial charge < -0.3 is 5.73 Å². The van der Waals surface area contributed by atoms with Crippen LogP contribution in [-0.2, 0) is 0 Å². The molecule has 0 amide bonds. The van der Waals surface area contributed by atoms with Gasteiger partial charge in [0, 0.05) is 20.8 Å². The van der Waals surface area contributed by atoms with Crippen molar-refractivity contribution in [1.29, 1.82) is 0 Å². The number of halogens is 1. The molecule has 0 radical (unpaired) electrons. The molecule has 1 aromatic heterocycles. The van der Waals surface area contributed by atoms with Crippen LogP contribution in [0, 0.1) is 0 Å². The average molecular weight is 254 g/mol. The van der Waals surface area contributed by atoms with E-state index in [0.29, 0.717) is 0 Å². The molecule has 1 aromatic carbocycles. The molecular formula is C10H8BrNS. The van der Waals surface area contributed by atoms with Crippen LogP contribution in [0.25, 0.3) is 11.1 Å². The molecule has 0 atom stereocenters. The summed E-state index contributed by atoms with van der Waals surface area (Å²) in [5.74, 6) is 0. The Bertz CT molecular complexity index is 422. The number of benzene rings is 1. The van der Waals surface area contributed by atoms with Gasteiger partial charge in [-0.3, -0.25) is 0 Å². The summed E-state index contributed by atoms with van der Waals surface area (Å²) in [7, 11) is 0. The van der Waals surface area contributed by atoms with Crippen LogP contribution in [0.15, 0.2) is 39.5 Å². The summed E-state index contributed by atoms with van der Waals surface area (Å²) in [6, 6.07) is 8.09. The molecule has 2 rings (SSSR count). The quantitative estimate of drug-likeness (QED) is 0.823. The van der Waals surface area contributed by atoms with E-state index in [0.717, 1.165) is 21.3 Å². The molecule has 66 valence electrons. The minimum Gasteiger partial charge on any atom is -0.398 e. The van der Waals surface area contributed by atoms with Crippen molar-refractivity contribution in [3.8, 4) is 11.1 Å². The van der Waals surface area contributed by atoms with Gasteiger partial charge in [-0.25, -0.2) is 0 Å². The van der Waals surface area contributed by atoms with Crippen LogP contribution in [0.1, 0.15) is 0 Å². The number of hydrogen-bond acceptors (Lipinski definition) is 2. The second-order valence-electron chi connectivity index (χ2n) is 2.72. The summed E-state index contributed by atoms with van der Waals surface area (Å²) < 4.78 is 1.08. The van der Waals surface area contributed by atoms with E-state index in [-0.39, 0.29) is 0 Å². The van der Waals surface area contributed by atoms with Crippen molar-refractivity contribution in [3.63, 3.8) is 0 Å². The van der Waals surface area contributed by atoms with E-state index in [4.69, 9.17) is 5.73 Å². The summed E-state index contributed by atoms with van der Waals surface area (Å²) in [4.78, 5) is 0. The SMILES string of the molecule is Nc1cscc1-c1ccccc1Br. The molecule has 0 aliphatic carbocycles. The minimum atomic E-state index is 0.844. The third-order valence-corrected chi connectivity index (χ3v) is 3.31. The van der Waals surface area contributed by atoms with Crippen LogP contribution >= 0.6 is 27.3 Å². The standard InChI is InChI=1S/C10H8BrNS/c11-9-4-2-1-3-7(9)8-5-13-6-10(8)12/h1-6H,12H2. The predicted octanol–water partition coefficient (Wildman–Crippen LogP) is 3.76. The van der Waals surface area contributed by atoms with Crippen molar-refractivity contribution in [3.05, 3.63) is 39.5 Å². The molecule has 1 heterocycles. The lowest BCUT2D eigenvalue weighted by Crippen LogP contribution is -1.85. The predicted molar refractivity (Wildman–Crippen MR) is 61.9 cm³/mol. The van der Waals surface area contributed by atoms with Crippen LogP contribution in [0.5, 0.6) is 0 Å². The Balaban J connectivity index is 2.59. The zero-order valence-corrected chi connectivity index (χ0v) is 9.23. The first-order valence-electron chi connectivity index (χ1n) is 3.85. The van der Waals surface area contributed by atoms with Gasteiger partial charge in [-0.05, 0) is 11.6 Å². The van der Waals surface area contributed by atoms with E-state index in [1.807, 2.05) is 23.6 Å². The van der Waals surface area contributed by atoms with Gasteiger partial charge in [-0.2, -0.15) is 0 Å². The highest BCUT2D eigenvalue weighted by Gasteiger charge is 2.05. The third kappa shape index (κ3) is 1.62. The Kier molecular flexibility index (Phi) is 2.38. The van der Waals surface area contributed by atoms with Crippen molar-refractivity contribution in [2.45, 2.75) is 0 Å². The van der Waals surface area contributed by atoms with Crippen LogP contribution in [-0.4, -0.2) is 0 Å². The summed E-state index contributed by atoms with van der Waals surface area (Å²) in [6.45, 7) is 0. The molecule has 3 heteroatoms. The Morgan fingerprint density at radius 3 is 2.46 bits per heavy atom. The molecule has 1 nitrogen and oxygen atoms in total. The van der Waals surface area contributed by atoms with Crippen LogP contribution in [0.4, 0.5) is 5.69 Å². The van der Waals surface area contributed by atoms with Crippen LogP contribution in [0.3, 0.4) is 0 Å². The maximum atomic E-state index is 5.83. The Labute approximate surface area is 89.3 Å². The van der Waals surface area contributed by atoms with Crippen molar-refractivity contribution in [2.24, 2.45) is 0 Å². The molecule has 2 N–H and O–H groups in total. The van der Waals surface area contributed by atoms with Crippen molar-refractivity contribution >= 4 is 33.0 Å². The lowest BCUT2D eigenvalue weighted by molar-refractivity contribution is 1.62. The van der Waals surface area contributed by atoms with Crippen molar-refractivity contribution < 1.29 is 0 Å². The number of rotatable bonds is 1. The molecule has 0 aliphatic rings. The Morgan fingerprint density at radius 2 is 1.85 bits per heavy atom. The maximum Gasteiger partial charge on any atom is 0.0502 e. The molecule has 0 unspecified atom stereocenters. The normalized spacial score (nSPS) is 10.2. The number of hydrogen-bond donors (Lipinski definition) is 1. The fraction of sp³-hybridized carbons (Fsp3) is 0. The molecule has 2 aromatic rings. The monoisotopic (exact) mass is 253 g/mol. The van der Waals surface area contributed by atoms with Gasteiger partial charge in [0.1, 0.15) is 0 Å². The van der Waals surface area contributed by atoms with Crippen LogP contribution in [0.2, 0.25) is 0 Å². The van der Waals surface area contributed by atoms with Gasteiger partial charge in [-0.15, -0.1) is 11.3 Å². The Morgan fingerprint density at radius 1 is 1.08 bits per heavy atom. The second-order valence-corrected chi connectivity index (χ2v) is 4.32. The van der Waals surface area contributed by atoms with E-state index >= 15 is 0 Å².